The Labute approximate surface area is 125 Å². The van der Waals surface area contributed by atoms with Crippen molar-refractivity contribution in [2.75, 3.05) is 10.5 Å². The molecule has 0 bridgehead atoms. The number of nitrogens with one attached hydrogen (secondary N) is 2. The highest BCUT2D eigenvalue weighted by Crippen LogP contribution is 2.27. The minimum atomic E-state index is -3.27. The molecule has 0 aliphatic rings. The van der Waals surface area contributed by atoms with Crippen molar-refractivity contribution >= 4 is 15.7 Å². The van der Waals surface area contributed by atoms with Gasteiger partial charge in [0.1, 0.15) is 0 Å². The van der Waals surface area contributed by atoms with Gasteiger partial charge in [-0.05, 0) is 43.0 Å². The van der Waals surface area contributed by atoms with Crippen LogP contribution in [0.3, 0.4) is 0 Å². The molecule has 0 amide bonds. The summed E-state index contributed by atoms with van der Waals surface area (Å²) in [5.41, 5.74) is 5.04. The average molecular weight is 307 g/mol. The van der Waals surface area contributed by atoms with Crippen molar-refractivity contribution in [2.24, 2.45) is 0 Å². The third-order valence-electron chi connectivity index (χ3n) is 3.59. The molecule has 0 fully saturated rings. The molecule has 0 aliphatic heterocycles. The van der Waals surface area contributed by atoms with E-state index in [0.717, 1.165) is 35.2 Å². The molecule has 0 spiro atoms. The standard InChI is InChI=1S/C15H21N3O2S/c1-4-13-14(8-12-9-16-10-17-12)11(3)6-7-15(13)18-21(19,20)5-2/h6-7,9-10,18H,4-5,8H2,1-3H3,(H,16,17). The number of sulfonamides is 1. The normalized spacial score (nSPS) is 11.6. The Hall–Kier alpha value is -1.82. The Balaban J connectivity index is 2.44. The van der Waals surface area contributed by atoms with Crippen LogP contribution >= 0.6 is 0 Å². The number of hydrogen-bond donors (Lipinski definition) is 2. The topological polar surface area (TPSA) is 74.8 Å². The van der Waals surface area contributed by atoms with E-state index in [1.165, 1.54) is 0 Å². The maximum atomic E-state index is 11.8. The second-order valence-electron chi connectivity index (χ2n) is 5.00. The Kier molecular flexibility index (Phi) is 4.67. The van der Waals surface area contributed by atoms with Crippen LogP contribution in [0.1, 0.15) is 36.2 Å². The van der Waals surface area contributed by atoms with Gasteiger partial charge in [0.25, 0.3) is 0 Å². The molecule has 21 heavy (non-hydrogen) atoms. The van der Waals surface area contributed by atoms with Crippen molar-refractivity contribution in [3.8, 4) is 0 Å². The lowest BCUT2D eigenvalue weighted by molar-refractivity contribution is 0.602. The van der Waals surface area contributed by atoms with Gasteiger partial charge in [0.2, 0.25) is 10.0 Å². The monoisotopic (exact) mass is 307 g/mol. The minimum absolute atomic E-state index is 0.0694. The van der Waals surface area contributed by atoms with Crippen LogP contribution in [0, 0.1) is 6.92 Å². The van der Waals surface area contributed by atoms with Gasteiger partial charge in [0.05, 0.1) is 17.8 Å². The van der Waals surface area contributed by atoms with E-state index in [-0.39, 0.29) is 5.75 Å². The highest BCUT2D eigenvalue weighted by molar-refractivity contribution is 7.92. The molecular weight excluding hydrogens is 286 g/mol. The van der Waals surface area contributed by atoms with Crippen LogP contribution in [0.15, 0.2) is 24.7 Å². The van der Waals surface area contributed by atoms with E-state index in [4.69, 9.17) is 0 Å². The number of rotatable bonds is 6. The molecule has 0 atom stereocenters. The number of imidazole rings is 1. The Morgan fingerprint density at radius 3 is 2.57 bits per heavy atom. The van der Waals surface area contributed by atoms with Crippen molar-refractivity contribution in [3.63, 3.8) is 0 Å². The number of H-pyrrole nitrogens is 1. The van der Waals surface area contributed by atoms with E-state index in [0.29, 0.717) is 5.69 Å². The molecule has 0 saturated heterocycles. The molecule has 6 heteroatoms. The molecule has 114 valence electrons. The molecule has 5 nitrogen and oxygen atoms in total. The predicted molar refractivity (Wildman–Crippen MR) is 85.0 cm³/mol. The molecule has 1 heterocycles. The highest BCUT2D eigenvalue weighted by Gasteiger charge is 2.15. The summed E-state index contributed by atoms with van der Waals surface area (Å²) >= 11 is 0. The molecule has 1 aromatic carbocycles. The van der Waals surface area contributed by atoms with Crippen LogP contribution < -0.4 is 4.72 Å². The summed E-state index contributed by atoms with van der Waals surface area (Å²) in [6.07, 6.45) is 4.94. The summed E-state index contributed by atoms with van der Waals surface area (Å²) in [5, 5.41) is 0. The zero-order chi connectivity index (χ0) is 15.5. The molecule has 2 N–H and O–H groups in total. The van der Waals surface area contributed by atoms with E-state index in [1.54, 1.807) is 19.4 Å². The van der Waals surface area contributed by atoms with Gasteiger partial charge < -0.3 is 4.98 Å². The number of anilines is 1. The number of nitrogens with zero attached hydrogens (tertiary/aromatic N) is 1. The average Bonchev–Trinajstić information content (AvgIpc) is 2.95. The summed E-state index contributed by atoms with van der Waals surface area (Å²) in [4.78, 5) is 7.12. The maximum Gasteiger partial charge on any atom is 0.232 e. The van der Waals surface area contributed by atoms with Crippen molar-refractivity contribution in [1.82, 2.24) is 9.97 Å². The zero-order valence-corrected chi connectivity index (χ0v) is 13.4. The van der Waals surface area contributed by atoms with Crippen molar-refractivity contribution < 1.29 is 8.42 Å². The number of aryl methyl sites for hydroxylation is 1. The molecule has 1 aromatic heterocycles. The number of aromatic amines is 1. The lowest BCUT2D eigenvalue weighted by Crippen LogP contribution is -2.16. The fourth-order valence-corrected chi connectivity index (χ4v) is 3.04. The first-order valence-electron chi connectivity index (χ1n) is 7.06. The third-order valence-corrected chi connectivity index (χ3v) is 4.88. The maximum absolute atomic E-state index is 11.8. The van der Waals surface area contributed by atoms with Gasteiger partial charge in [-0.15, -0.1) is 0 Å². The Morgan fingerprint density at radius 2 is 2.00 bits per heavy atom. The van der Waals surface area contributed by atoms with Crippen LogP contribution in [-0.2, 0) is 22.9 Å². The van der Waals surface area contributed by atoms with E-state index >= 15 is 0 Å². The Morgan fingerprint density at radius 1 is 1.24 bits per heavy atom. The first-order chi connectivity index (χ1) is 9.96. The SMILES string of the molecule is CCc1c(NS(=O)(=O)CC)ccc(C)c1Cc1cnc[nH]1. The quantitative estimate of drug-likeness (QED) is 0.861. The fourth-order valence-electron chi connectivity index (χ4n) is 2.37. The van der Waals surface area contributed by atoms with Crippen molar-refractivity contribution in [1.29, 1.82) is 0 Å². The molecule has 0 radical (unpaired) electrons. The van der Waals surface area contributed by atoms with Crippen molar-refractivity contribution in [3.05, 3.63) is 47.0 Å². The first kappa shape index (κ1) is 15.6. The van der Waals surface area contributed by atoms with Crippen LogP contribution in [0.2, 0.25) is 0 Å². The lowest BCUT2D eigenvalue weighted by atomic mass is 9.95. The second kappa shape index (κ2) is 6.30. The van der Waals surface area contributed by atoms with Crippen LogP contribution in [0.5, 0.6) is 0 Å². The van der Waals surface area contributed by atoms with E-state index in [9.17, 15) is 8.42 Å². The number of hydrogen-bond acceptors (Lipinski definition) is 3. The summed E-state index contributed by atoms with van der Waals surface area (Å²) in [6, 6.07) is 3.80. The largest absolute Gasteiger partial charge is 0.348 e. The van der Waals surface area contributed by atoms with Gasteiger partial charge in [-0.2, -0.15) is 0 Å². The van der Waals surface area contributed by atoms with Crippen molar-refractivity contribution in [2.45, 2.75) is 33.6 Å². The molecule has 2 rings (SSSR count). The molecule has 2 aromatic rings. The summed E-state index contributed by atoms with van der Waals surface area (Å²) in [6.45, 7) is 5.71. The summed E-state index contributed by atoms with van der Waals surface area (Å²) < 4.78 is 26.3. The highest BCUT2D eigenvalue weighted by atomic mass is 32.2. The van der Waals surface area contributed by atoms with Gasteiger partial charge in [-0.25, -0.2) is 13.4 Å². The molecule has 0 unspecified atom stereocenters. The zero-order valence-electron chi connectivity index (χ0n) is 12.6. The van der Waals surface area contributed by atoms with Gasteiger partial charge in [0.15, 0.2) is 0 Å². The molecular formula is C15H21N3O2S. The smallest absolute Gasteiger partial charge is 0.232 e. The first-order valence-corrected chi connectivity index (χ1v) is 8.71. The Bertz CT molecular complexity index is 707. The second-order valence-corrected chi connectivity index (χ2v) is 7.01. The molecule has 0 aliphatic carbocycles. The van der Waals surface area contributed by atoms with E-state index in [1.807, 2.05) is 26.0 Å². The third kappa shape index (κ3) is 3.64. The van der Waals surface area contributed by atoms with Gasteiger partial charge in [-0.3, -0.25) is 4.72 Å². The van der Waals surface area contributed by atoms with Crippen LogP contribution in [-0.4, -0.2) is 24.1 Å². The molecule has 0 saturated carbocycles. The summed E-state index contributed by atoms with van der Waals surface area (Å²) in [7, 11) is -3.27. The van der Waals surface area contributed by atoms with Gasteiger partial charge in [0, 0.05) is 18.3 Å². The fraction of sp³-hybridized carbons (Fsp3) is 0.400. The minimum Gasteiger partial charge on any atom is -0.348 e. The van der Waals surface area contributed by atoms with E-state index < -0.39 is 10.0 Å². The lowest BCUT2D eigenvalue weighted by Gasteiger charge is -2.17. The van der Waals surface area contributed by atoms with Crippen LogP contribution in [0.4, 0.5) is 5.69 Å². The van der Waals surface area contributed by atoms with Gasteiger partial charge in [-0.1, -0.05) is 13.0 Å². The number of aromatic nitrogens is 2. The van der Waals surface area contributed by atoms with Gasteiger partial charge >= 0.3 is 0 Å². The van der Waals surface area contributed by atoms with Crippen LogP contribution in [0.25, 0.3) is 0 Å². The summed E-state index contributed by atoms with van der Waals surface area (Å²) in [5.74, 6) is 0.0694. The number of benzene rings is 1. The predicted octanol–water partition coefficient (Wildman–Crippen LogP) is 2.63. The van der Waals surface area contributed by atoms with E-state index in [2.05, 4.69) is 14.7 Å².